The highest BCUT2D eigenvalue weighted by Gasteiger charge is 2.30. The molecule has 0 bridgehead atoms. The van der Waals surface area contributed by atoms with Crippen molar-refractivity contribution < 1.29 is 0 Å². The van der Waals surface area contributed by atoms with Gasteiger partial charge in [0.05, 0.1) is 17.1 Å². The van der Waals surface area contributed by atoms with Crippen LogP contribution in [0, 0.1) is 0 Å². The van der Waals surface area contributed by atoms with Crippen LogP contribution in [0.4, 0.5) is 5.69 Å². The van der Waals surface area contributed by atoms with E-state index in [0.29, 0.717) is 12.0 Å². The van der Waals surface area contributed by atoms with E-state index in [1.54, 1.807) is 0 Å². The second-order valence-corrected chi connectivity index (χ2v) is 9.43. The lowest BCUT2D eigenvalue weighted by molar-refractivity contribution is 0.805. The van der Waals surface area contributed by atoms with E-state index in [2.05, 4.69) is 125 Å². The Hall–Kier alpha value is -4.30. The summed E-state index contributed by atoms with van der Waals surface area (Å²) in [6.45, 7) is 0. The van der Waals surface area contributed by atoms with Gasteiger partial charge in [-0.1, -0.05) is 85.0 Å². The van der Waals surface area contributed by atoms with Crippen LogP contribution in [0.3, 0.4) is 0 Å². The van der Waals surface area contributed by atoms with E-state index in [1.807, 2.05) is 0 Å². The molecule has 1 N–H and O–H groups in total. The van der Waals surface area contributed by atoms with E-state index in [0.717, 1.165) is 0 Å². The van der Waals surface area contributed by atoms with Crippen molar-refractivity contribution in [3.8, 4) is 5.69 Å². The van der Waals surface area contributed by atoms with Gasteiger partial charge in [-0.2, -0.15) is 0 Å². The minimum Gasteiger partial charge on any atom is -0.378 e. The predicted molar refractivity (Wildman–Crippen MR) is 144 cm³/mol. The van der Waals surface area contributed by atoms with Crippen molar-refractivity contribution in [2.45, 2.75) is 12.0 Å². The summed E-state index contributed by atoms with van der Waals surface area (Å²) in [6.07, 6.45) is 8.90. The number of nitrogens with zero attached hydrogens (tertiary/aromatic N) is 1. The Kier molecular flexibility index (Phi) is 3.53. The topological polar surface area (TPSA) is 17.0 Å². The zero-order chi connectivity index (χ0) is 22.2. The van der Waals surface area contributed by atoms with Crippen LogP contribution in [0.5, 0.6) is 0 Å². The lowest BCUT2D eigenvalue weighted by Crippen LogP contribution is -2.17. The van der Waals surface area contributed by atoms with Crippen LogP contribution >= 0.6 is 0 Å². The number of benzene rings is 5. The standard InChI is InChI=1S/C32H22N2/c1-3-9-23-20(7-1)13-17-29-31(23)32-24-10-4-2-8-21(24)14-18-30(32)34(29)22-15-16-28-26(19-22)25-11-5-6-12-27(25)33-28/h1-19,25,27,33H. The zero-order valence-electron chi connectivity index (χ0n) is 18.6. The molecule has 0 fully saturated rings. The average molecular weight is 435 g/mol. The van der Waals surface area contributed by atoms with Crippen LogP contribution in [0.2, 0.25) is 0 Å². The fraction of sp³-hybridized carbons (Fsp3) is 0.0625. The lowest BCUT2D eigenvalue weighted by atomic mass is 9.91. The molecule has 1 aliphatic heterocycles. The van der Waals surface area contributed by atoms with Gasteiger partial charge in [0.2, 0.25) is 0 Å². The first-order chi connectivity index (χ1) is 16.9. The molecule has 0 saturated heterocycles. The highest BCUT2D eigenvalue weighted by atomic mass is 15.0. The molecular formula is C32H22N2. The molecule has 6 aromatic rings. The molecule has 2 aliphatic rings. The van der Waals surface area contributed by atoms with Crippen molar-refractivity contribution in [1.29, 1.82) is 0 Å². The van der Waals surface area contributed by atoms with Crippen molar-refractivity contribution in [3.05, 3.63) is 121 Å². The van der Waals surface area contributed by atoms with Crippen molar-refractivity contribution in [2.24, 2.45) is 0 Å². The van der Waals surface area contributed by atoms with Gasteiger partial charge in [0, 0.05) is 28.1 Å². The molecular weight excluding hydrogens is 412 g/mol. The monoisotopic (exact) mass is 434 g/mol. The van der Waals surface area contributed by atoms with Crippen molar-refractivity contribution in [3.63, 3.8) is 0 Å². The Balaban J connectivity index is 1.51. The molecule has 0 saturated carbocycles. The highest BCUT2D eigenvalue weighted by molar-refractivity contribution is 6.28. The van der Waals surface area contributed by atoms with Gasteiger partial charge in [0.1, 0.15) is 0 Å². The summed E-state index contributed by atoms with van der Waals surface area (Å²) in [5.41, 5.74) is 6.35. The fourth-order valence-electron chi connectivity index (χ4n) is 6.14. The maximum Gasteiger partial charge on any atom is 0.0551 e. The number of anilines is 1. The Morgan fingerprint density at radius 2 is 1.26 bits per heavy atom. The van der Waals surface area contributed by atoms with Crippen molar-refractivity contribution in [1.82, 2.24) is 4.57 Å². The second-order valence-electron chi connectivity index (χ2n) is 9.43. The first-order valence-electron chi connectivity index (χ1n) is 12.0. The van der Waals surface area contributed by atoms with Gasteiger partial charge in [-0.05, 0) is 57.4 Å². The van der Waals surface area contributed by atoms with Gasteiger partial charge < -0.3 is 9.88 Å². The van der Waals surface area contributed by atoms with Crippen LogP contribution < -0.4 is 5.32 Å². The molecule has 8 rings (SSSR count). The summed E-state index contributed by atoms with van der Waals surface area (Å²) >= 11 is 0. The van der Waals surface area contributed by atoms with Crippen LogP contribution in [0.1, 0.15) is 11.5 Å². The number of hydrogen-bond acceptors (Lipinski definition) is 1. The molecule has 1 aliphatic carbocycles. The lowest BCUT2D eigenvalue weighted by Gasteiger charge is -2.16. The van der Waals surface area contributed by atoms with Gasteiger partial charge in [0.25, 0.3) is 0 Å². The van der Waals surface area contributed by atoms with Gasteiger partial charge in [-0.3, -0.25) is 0 Å². The van der Waals surface area contributed by atoms with Crippen LogP contribution in [-0.4, -0.2) is 10.6 Å². The molecule has 2 nitrogen and oxygen atoms in total. The molecule has 2 unspecified atom stereocenters. The smallest absolute Gasteiger partial charge is 0.0551 e. The maximum atomic E-state index is 3.68. The van der Waals surface area contributed by atoms with E-state index in [9.17, 15) is 0 Å². The summed E-state index contributed by atoms with van der Waals surface area (Å²) in [5.74, 6) is 0.384. The summed E-state index contributed by atoms with van der Waals surface area (Å²) in [6, 6.07) is 33.9. The minimum absolute atomic E-state index is 0.348. The molecule has 2 heteroatoms. The maximum absolute atomic E-state index is 3.68. The van der Waals surface area contributed by atoms with E-state index < -0.39 is 0 Å². The summed E-state index contributed by atoms with van der Waals surface area (Å²) < 4.78 is 2.46. The Bertz CT molecular complexity index is 1760. The van der Waals surface area contributed by atoms with Crippen LogP contribution in [0.15, 0.2) is 115 Å². The molecule has 160 valence electrons. The number of allylic oxidation sites excluding steroid dienone is 2. The number of nitrogens with one attached hydrogen (secondary N) is 1. The van der Waals surface area contributed by atoms with E-state index in [-0.39, 0.29) is 0 Å². The number of aromatic nitrogens is 1. The number of rotatable bonds is 1. The fourth-order valence-corrected chi connectivity index (χ4v) is 6.14. The quantitative estimate of drug-likeness (QED) is 0.277. The minimum atomic E-state index is 0.348. The SMILES string of the molecule is C1=CC2Nc3ccc(-n4c5ccc6ccccc6c5c5c6ccccc6ccc54)cc3C2C=C1. The third kappa shape index (κ3) is 2.35. The van der Waals surface area contributed by atoms with E-state index in [4.69, 9.17) is 0 Å². The normalized spacial score (nSPS) is 18.6. The molecule has 5 aromatic carbocycles. The van der Waals surface area contributed by atoms with Gasteiger partial charge >= 0.3 is 0 Å². The third-order valence-electron chi connectivity index (χ3n) is 7.66. The second kappa shape index (κ2) is 6.61. The van der Waals surface area contributed by atoms with E-state index in [1.165, 1.54) is 60.3 Å². The third-order valence-corrected chi connectivity index (χ3v) is 7.66. The first kappa shape index (κ1) is 18.2. The van der Waals surface area contributed by atoms with E-state index >= 15 is 0 Å². The largest absolute Gasteiger partial charge is 0.378 e. The molecule has 2 heterocycles. The molecule has 2 atom stereocenters. The molecule has 0 amide bonds. The Labute approximate surface area is 197 Å². The number of hydrogen-bond donors (Lipinski definition) is 1. The molecule has 0 radical (unpaired) electrons. The predicted octanol–water partition coefficient (Wildman–Crippen LogP) is 8.09. The number of fused-ring (bicyclic) bond motifs is 10. The Morgan fingerprint density at radius 3 is 1.97 bits per heavy atom. The molecule has 34 heavy (non-hydrogen) atoms. The Morgan fingerprint density at radius 1 is 0.618 bits per heavy atom. The van der Waals surface area contributed by atoms with Crippen molar-refractivity contribution in [2.75, 3.05) is 5.32 Å². The molecule has 1 aromatic heterocycles. The average Bonchev–Trinajstić information content (AvgIpc) is 3.44. The van der Waals surface area contributed by atoms with Crippen molar-refractivity contribution >= 4 is 49.0 Å². The molecule has 0 spiro atoms. The van der Waals surface area contributed by atoms with Crippen LogP contribution in [-0.2, 0) is 0 Å². The highest BCUT2D eigenvalue weighted by Crippen LogP contribution is 2.43. The summed E-state index contributed by atoms with van der Waals surface area (Å²) in [7, 11) is 0. The van der Waals surface area contributed by atoms with Gasteiger partial charge in [-0.25, -0.2) is 0 Å². The first-order valence-corrected chi connectivity index (χ1v) is 12.0. The van der Waals surface area contributed by atoms with Gasteiger partial charge in [0.15, 0.2) is 0 Å². The zero-order valence-corrected chi connectivity index (χ0v) is 18.6. The summed E-state index contributed by atoms with van der Waals surface area (Å²) in [5, 5.41) is 11.5. The van der Waals surface area contributed by atoms with Gasteiger partial charge in [-0.15, -0.1) is 0 Å². The van der Waals surface area contributed by atoms with Crippen LogP contribution in [0.25, 0.3) is 49.0 Å². The summed E-state index contributed by atoms with van der Waals surface area (Å²) in [4.78, 5) is 0.